The lowest BCUT2D eigenvalue weighted by atomic mass is 9.87. The van der Waals surface area contributed by atoms with E-state index in [2.05, 4.69) is 10.1 Å². The summed E-state index contributed by atoms with van der Waals surface area (Å²) in [6, 6.07) is 3.92. The Labute approximate surface area is 149 Å². The first-order chi connectivity index (χ1) is 12.1. The molecule has 0 saturated heterocycles. The predicted octanol–water partition coefficient (Wildman–Crippen LogP) is 3.82. The number of hydrogen-bond acceptors (Lipinski definition) is 5. The second-order valence-electron chi connectivity index (χ2n) is 6.83. The smallest absolute Gasteiger partial charge is 0.240 e. The van der Waals surface area contributed by atoms with Gasteiger partial charge in [0.15, 0.2) is 5.82 Å². The quantitative estimate of drug-likeness (QED) is 0.862. The Hall–Kier alpha value is -2.24. The number of benzene rings is 1. The third kappa shape index (κ3) is 3.89. The number of nitrogen functional groups attached to an aromatic ring is 1. The topological polar surface area (TPSA) is 75.2 Å². The van der Waals surface area contributed by atoms with Crippen molar-refractivity contribution in [1.82, 2.24) is 14.8 Å². The minimum absolute atomic E-state index is 0.292. The molecule has 6 heteroatoms. The molecule has 1 heterocycles. The van der Waals surface area contributed by atoms with E-state index in [1.54, 1.807) is 14.2 Å². The fraction of sp³-hybridized carbons (Fsp3) is 0.579. The molecule has 0 bridgehead atoms. The van der Waals surface area contributed by atoms with Crippen LogP contribution in [0.15, 0.2) is 12.1 Å². The number of nitrogens with zero attached hydrogens (tertiary/aromatic N) is 3. The van der Waals surface area contributed by atoms with Crippen molar-refractivity contribution in [2.75, 3.05) is 20.0 Å². The zero-order valence-corrected chi connectivity index (χ0v) is 15.4. The summed E-state index contributed by atoms with van der Waals surface area (Å²) in [6.45, 7) is 2.82. The molecule has 1 fully saturated rings. The summed E-state index contributed by atoms with van der Waals surface area (Å²) >= 11 is 0. The number of nitrogens with two attached hydrogens (primary N) is 1. The fourth-order valence-corrected chi connectivity index (χ4v) is 3.72. The van der Waals surface area contributed by atoms with Crippen LogP contribution in [0.3, 0.4) is 0 Å². The van der Waals surface area contributed by atoms with Gasteiger partial charge in [-0.05, 0) is 37.0 Å². The lowest BCUT2D eigenvalue weighted by Gasteiger charge is -2.21. The van der Waals surface area contributed by atoms with E-state index >= 15 is 0 Å². The molecular formula is C19H28N4O2. The summed E-state index contributed by atoms with van der Waals surface area (Å²) in [7, 11) is 3.33. The molecule has 1 aromatic heterocycles. The van der Waals surface area contributed by atoms with Crippen LogP contribution in [0.4, 0.5) is 5.95 Å². The molecule has 2 aromatic rings. The van der Waals surface area contributed by atoms with E-state index in [-0.39, 0.29) is 0 Å². The van der Waals surface area contributed by atoms with Crippen molar-refractivity contribution in [1.29, 1.82) is 0 Å². The van der Waals surface area contributed by atoms with Crippen molar-refractivity contribution in [2.24, 2.45) is 5.92 Å². The van der Waals surface area contributed by atoms with Crippen LogP contribution < -0.4 is 15.2 Å². The second kappa shape index (κ2) is 7.76. The van der Waals surface area contributed by atoms with Crippen LogP contribution in [0.1, 0.15) is 44.1 Å². The minimum atomic E-state index is 0.292. The molecule has 0 amide bonds. The van der Waals surface area contributed by atoms with Crippen LogP contribution in [0.25, 0.3) is 11.4 Å². The first-order valence-corrected chi connectivity index (χ1v) is 9.05. The Morgan fingerprint density at radius 3 is 2.52 bits per heavy atom. The van der Waals surface area contributed by atoms with Crippen molar-refractivity contribution in [3.8, 4) is 22.9 Å². The van der Waals surface area contributed by atoms with E-state index in [4.69, 9.17) is 15.2 Å². The van der Waals surface area contributed by atoms with Crippen LogP contribution in [-0.4, -0.2) is 29.0 Å². The van der Waals surface area contributed by atoms with Gasteiger partial charge in [0.25, 0.3) is 0 Å². The van der Waals surface area contributed by atoms with Gasteiger partial charge in [-0.2, -0.15) is 4.98 Å². The van der Waals surface area contributed by atoms with Crippen molar-refractivity contribution in [3.63, 3.8) is 0 Å². The molecule has 1 aromatic carbocycles. The van der Waals surface area contributed by atoms with Gasteiger partial charge in [-0.1, -0.05) is 32.1 Å². The molecule has 0 spiro atoms. The highest BCUT2D eigenvalue weighted by Crippen LogP contribution is 2.36. The Kier molecular flexibility index (Phi) is 5.46. The maximum Gasteiger partial charge on any atom is 0.240 e. The molecule has 25 heavy (non-hydrogen) atoms. The van der Waals surface area contributed by atoms with Gasteiger partial charge < -0.3 is 15.2 Å². The number of methoxy groups -OCH3 is 2. The normalized spacial score (nSPS) is 15.3. The van der Waals surface area contributed by atoms with Crippen LogP contribution in [0, 0.1) is 12.8 Å². The summed E-state index contributed by atoms with van der Waals surface area (Å²) in [4.78, 5) is 4.45. The lowest BCUT2D eigenvalue weighted by molar-refractivity contribution is 0.319. The average Bonchev–Trinajstić information content (AvgIpc) is 3.01. The molecule has 1 saturated carbocycles. The van der Waals surface area contributed by atoms with E-state index in [1.807, 2.05) is 23.7 Å². The molecule has 1 aliphatic rings. The minimum Gasteiger partial charge on any atom is -0.496 e. The molecule has 0 unspecified atom stereocenters. The fourth-order valence-electron chi connectivity index (χ4n) is 3.72. The van der Waals surface area contributed by atoms with Crippen LogP contribution in [0.2, 0.25) is 0 Å². The number of aromatic nitrogens is 3. The first kappa shape index (κ1) is 17.6. The number of anilines is 1. The Morgan fingerprint density at radius 1 is 1.12 bits per heavy atom. The Bertz CT molecular complexity index is 720. The molecule has 3 rings (SSSR count). The Morgan fingerprint density at radius 2 is 1.84 bits per heavy atom. The highest BCUT2D eigenvalue weighted by Gasteiger charge is 2.19. The van der Waals surface area contributed by atoms with Crippen molar-refractivity contribution in [2.45, 2.75) is 52.0 Å². The highest BCUT2D eigenvalue weighted by atomic mass is 16.5. The highest BCUT2D eigenvalue weighted by molar-refractivity contribution is 5.68. The van der Waals surface area contributed by atoms with Crippen molar-refractivity contribution in [3.05, 3.63) is 17.7 Å². The monoisotopic (exact) mass is 344 g/mol. The molecular weight excluding hydrogens is 316 g/mol. The van der Waals surface area contributed by atoms with E-state index in [0.29, 0.717) is 5.95 Å². The molecule has 0 radical (unpaired) electrons. The number of aryl methyl sites for hydroxylation is 2. The van der Waals surface area contributed by atoms with E-state index < -0.39 is 0 Å². The number of rotatable bonds is 6. The van der Waals surface area contributed by atoms with E-state index in [9.17, 15) is 0 Å². The van der Waals surface area contributed by atoms with Gasteiger partial charge in [-0.15, -0.1) is 5.10 Å². The standard InChI is InChI=1S/C19H28N4O2/c1-13-11-17(25-3)15(12-16(13)24-2)18-21-19(20)22-23(18)10-9-14-7-5-4-6-8-14/h11-12,14H,4-10H2,1-3H3,(H2,20,22). The maximum absolute atomic E-state index is 5.90. The summed E-state index contributed by atoms with van der Waals surface area (Å²) in [5, 5.41) is 4.41. The maximum atomic E-state index is 5.90. The first-order valence-electron chi connectivity index (χ1n) is 9.05. The second-order valence-corrected chi connectivity index (χ2v) is 6.83. The van der Waals surface area contributed by atoms with Crippen LogP contribution in [-0.2, 0) is 6.54 Å². The zero-order valence-electron chi connectivity index (χ0n) is 15.4. The van der Waals surface area contributed by atoms with Gasteiger partial charge in [0.2, 0.25) is 5.95 Å². The number of ether oxygens (including phenoxy) is 2. The summed E-state index contributed by atoms with van der Waals surface area (Å²) in [6.07, 6.45) is 7.82. The zero-order chi connectivity index (χ0) is 17.8. The van der Waals surface area contributed by atoms with Gasteiger partial charge in [0.1, 0.15) is 11.5 Å². The van der Waals surface area contributed by atoms with Gasteiger partial charge in [0.05, 0.1) is 19.8 Å². The SMILES string of the molecule is COc1cc(-c2nc(N)nn2CCC2CCCCC2)c(OC)cc1C. The van der Waals surface area contributed by atoms with E-state index in [0.717, 1.165) is 47.3 Å². The molecule has 136 valence electrons. The lowest BCUT2D eigenvalue weighted by Crippen LogP contribution is -2.12. The summed E-state index contributed by atoms with van der Waals surface area (Å²) in [5.74, 6) is 3.37. The largest absolute Gasteiger partial charge is 0.496 e. The van der Waals surface area contributed by atoms with Crippen LogP contribution in [0.5, 0.6) is 11.5 Å². The van der Waals surface area contributed by atoms with Gasteiger partial charge in [-0.3, -0.25) is 0 Å². The van der Waals surface area contributed by atoms with Gasteiger partial charge in [-0.25, -0.2) is 4.68 Å². The molecule has 6 nitrogen and oxygen atoms in total. The van der Waals surface area contributed by atoms with Crippen LogP contribution >= 0.6 is 0 Å². The van der Waals surface area contributed by atoms with E-state index in [1.165, 1.54) is 32.1 Å². The molecule has 2 N–H and O–H groups in total. The molecule has 0 aliphatic heterocycles. The third-order valence-electron chi connectivity index (χ3n) is 5.12. The van der Waals surface area contributed by atoms with Crippen molar-refractivity contribution >= 4 is 5.95 Å². The van der Waals surface area contributed by atoms with Crippen molar-refractivity contribution < 1.29 is 9.47 Å². The average molecular weight is 344 g/mol. The van der Waals surface area contributed by atoms with Gasteiger partial charge in [0, 0.05) is 6.54 Å². The summed E-state index contributed by atoms with van der Waals surface area (Å²) in [5.41, 5.74) is 7.78. The van der Waals surface area contributed by atoms with Gasteiger partial charge >= 0.3 is 0 Å². The summed E-state index contributed by atoms with van der Waals surface area (Å²) < 4.78 is 12.9. The number of hydrogen-bond donors (Lipinski definition) is 1. The third-order valence-corrected chi connectivity index (χ3v) is 5.12. The molecule has 1 aliphatic carbocycles. The predicted molar refractivity (Wildman–Crippen MR) is 98.9 cm³/mol. The Balaban J connectivity index is 1.89. The molecule has 0 atom stereocenters.